The zero-order chi connectivity index (χ0) is 20.0. The summed E-state index contributed by atoms with van der Waals surface area (Å²) in [5, 5.41) is 4.54. The Hall–Kier alpha value is -2.67. The molecule has 2 aromatic rings. The summed E-state index contributed by atoms with van der Waals surface area (Å²) in [6.45, 7) is 3.82. The van der Waals surface area contributed by atoms with Crippen LogP contribution in [0.4, 0.5) is 4.39 Å². The fourth-order valence-electron chi connectivity index (χ4n) is 2.49. The Kier molecular flexibility index (Phi) is 7.12. The van der Waals surface area contributed by atoms with Crippen LogP contribution in [-0.2, 0) is 27.9 Å². The van der Waals surface area contributed by atoms with Gasteiger partial charge in [-0.05, 0) is 37.6 Å². The molecular weight excluding hydrogens is 373 g/mol. The van der Waals surface area contributed by atoms with Crippen LogP contribution in [0.1, 0.15) is 23.7 Å². The van der Waals surface area contributed by atoms with Crippen LogP contribution in [0.2, 0.25) is 5.15 Å². The molecule has 0 aliphatic rings. The molecule has 2 rings (SSSR count). The van der Waals surface area contributed by atoms with Crippen molar-refractivity contribution in [2.45, 2.75) is 20.4 Å². The number of carbonyl (C=O) groups is 2. The van der Waals surface area contributed by atoms with Crippen LogP contribution < -0.4 is 0 Å². The van der Waals surface area contributed by atoms with Crippen LogP contribution >= 0.6 is 11.6 Å². The largest absolute Gasteiger partial charge is 0.452 e. The number of likely N-dealkylation sites (N-methyl/N-ethyl adjacent to an activating group) is 1. The maximum atomic E-state index is 13.3. The molecular formula is C19H21ClFN3O3. The number of halogens is 2. The molecule has 1 heterocycles. The van der Waals surface area contributed by atoms with Crippen molar-refractivity contribution in [1.82, 2.24) is 14.7 Å². The lowest BCUT2D eigenvalue weighted by Crippen LogP contribution is -2.34. The molecule has 0 aliphatic carbocycles. The van der Waals surface area contributed by atoms with Crippen LogP contribution in [-0.4, -0.2) is 39.7 Å². The van der Waals surface area contributed by atoms with E-state index in [1.165, 1.54) is 33.9 Å². The lowest BCUT2D eigenvalue weighted by atomic mass is 10.2. The number of nitrogens with zero attached hydrogens (tertiary/aromatic N) is 3. The molecule has 6 nitrogen and oxygen atoms in total. The second-order valence-electron chi connectivity index (χ2n) is 5.89. The van der Waals surface area contributed by atoms with Crippen molar-refractivity contribution < 1.29 is 18.7 Å². The van der Waals surface area contributed by atoms with E-state index in [-0.39, 0.29) is 18.3 Å². The number of amides is 1. The predicted molar refractivity (Wildman–Crippen MR) is 100 cm³/mol. The highest BCUT2D eigenvalue weighted by atomic mass is 35.5. The van der Waals surface area contributed by atoms with Gasteiger partial charge in [-0.25, -0.2) is 9.18 Å². The molecule has 144 valence electrons. The van der Waals surface area contributed by atoms with E-state index in [1.807, 2.05) is 0 Å². The van der Waals surface area contributed by atoms with E-state index in [9.17, 15) is 14.0 Å². The van der Waals surface area contributed by atoms with Gasteiger partial charge in [-0.2, -0.15) is 5.10 Å². The van der Waals surface area contributed by atoms with Crippen molar-refractivity contribution in [3.8, 4) is 0 Å². The molecule has 1 amide bonds. The minimum Gasteiger partial charge on any atom is -0.452 e. The first kappa shape index (κ1) is 20.6. The molecule has 0 atom stereocenters. The van der Waals surface area contributed by atoms with Crippen LogP contribution in [0.25, 0.3) is 6.08 Å². The van der Waals surface area contributed by atoms with Gasteiger partial charge in [-0.3, -0.25) is 9.48 Å². The van der Waals surface area contributed by atoms with Gasteiger partial charge in [0.25, 0.3) is 5.91 Å². The Balaban J connectivity index is 1.91. The van der Waals surface area contributed by atoms with Crippen molar-refractivity contribution in [2.75, 3.05) is 13.2 Å². The highest BCUT2D eigenvalue weighted by Gasteiger charge is 2.15. The summed E-state index contributed by atoms with van der Waals surface area (Å²) in [7, 11) is 1.70. The number of ether oxygens (including phenoxy) is 1. The molecule has 0 aliphatic heterocycles. The predicted octanol–water partition coefficient (Wildman–Crippen LogP) is 3.13. The van der Waals surface area contributed by atoms with Crippen molar-refractivity contribution in [1.29, 1.82) is 0 Å². The lowest BCUT2D eigenvalue weighted by Gasteiger charge is -2.20. The number of benzene rings is 1. The highest BCUT2D eigenvalue weighted by molar-refractivity contribution is 6.31. The number of hydrogen-bond acceptors (Lipinski definition) is 4. The van der Waals surface area contributed by atoms with Crippen LogP contribution in [0.5, 0.6) is 0 Å². The topological polar surface area (TPSA) is 64.4 Å². The number of esters is 1. The summed E-state index contributed by atoms with van der Waals surface area (Å²) >= 11 is 6.08. The zero-order valence-electron chi connectivity index (χ0n) is 15.4. The Bertz CT molecular complexity index is 864. The van der Waals surface area contributed by atoms with E-state index in [4.69, 9.17) is 16.3 Å². The SMILES string of the molecule is CCN(Cc1cccc(F)c1)C(=O)COC(=O)/C=C/c1c(C)nn(C)c1Cl. The lowest BCUT2D eigenvalue weighted by molar-refractivity contribution is -0.148. The van der Waals surface area contributed by atoms with Crippen LogP contribution in [0, 0.1) is 12.7 Å². The second-order valence-corrected chi connectivity index (χ2v) is 6.25. The van der Waals surface area contributed by atoms with E-state index in [0.717, 1.165) is 0 Å². The summed E-state index contributed by atoms with van der Waals surface area (Å²) in [4.78, 5) is 25.6. The molecule has 0 radical (unpaired) electrons. The van der Waals surface area contributed by atoms with Gasteiger partial charge >= 0.3 is 5.97 Å². The van der Waals surface area contributed by atoms with Crippen molar-refractivity contribution in [2.24, 2.45) is 7.05 Å². The molecule has 0 saturated carbocycles. The van der Waals surface area contributed by atoms with Crippen molar-refractivity contribution >= 4 is 29.6 Å². The third-order valence-corrected chi connectivity index (χ3v) is 4.37. The van der Waals surface area contributed by atoms with Gasteiger partial charge < -0.3 is 9.64 Å². The van der Waals surface area contributed by atoms with Gasteiger partial charge in [0.15, 0.2) is 6.61 Å². The Morgan fingerprint density at radius 3 is 2.74 bits per heavy atom. The first-order chi connectivity index (χ1) is 12.8. The normalized spacial score (nSPS) is 11.0. The molecule has 0 saturated heterocycles. The summed E-state index contributed by atoms with van der Waals surface area (Å²) in [6.07, 6.45) is 2.70. The van der Waals surface area contributed by atoms with E-state index < -0.39 is 12.6 Å². The first-order valence-corrected chi connectivity index (χ1v) is 8.75. The summed E-state index contributed by atoms with van der Waals surface area (Å²) in [5.41, 5.74) is 1.96. The standard InChI is InChI=1S/C19H21ClFN3O3/c1-4-24(11-14-6-5-7-15(21)10-14)17(25)12-27-18(26)9-8-16-13(2)22-23(3)19(16)20/h5-10H,4,11-12H2,1-3H3/b9-8+. The summed E-state index contributed by atoms with van der Waals surface area (Å²) in [6, 6.07) is 6.02. The van der Waals surface area contributed by atoms with E-state index >= 15 is 0 Å². The van der Waals surface area contributed by atoms with Crippen molar-refractivity contribution in [3.63, 3.8) is 0 Å². The molecule has 1 aromatic carbocycles. The number of carbonyl (C=O) groups excluding carboxylic acids is 2. The van der Waals surface area contributed by atoms with Gasteiger partial charge in [-0.15, -0.1) is 0 Å². The fourth-order valence-corrected chi connectivity index (χ4v) is 2.73. The van der Waals surface area contributed by atoms with Gasteiger partial charge in [0.1, 0.15) is 11.0 Å². The third kappa shape index (κ3) is 5.65. The molecule has 27 heavy (non-hydrogen) atoms. The minimum absolute atomic E-state index is 0.241. The maximum Gasteiger partial charge on any atom is 0.331 e. The van der Waals surface area contributed by atoms with Crippen molar-refractivity contribution in [3.05, 3.63) is 58.1 Å². The Morgan fingerprint density at radius 2 is 2.15 bits per heavy atom. The fraction of sp³-hybridized carbons (Fsp3) is 0.316. The molecule has 0 unspecified atom stereocenters. The quantitative estimate of drug-likeness (QED) is 0.535. The van der Waals surface area contributed by atoms with Gasteiger partial charge in [0.2, 0.25) is 0 Å². The number of rotatable bonds is 7. The minimum atomic E-state index is -0.663. The third-order valence-electron chi connectivity index (χ3n) is 3.92. The summed E-state index contributed by atoms with van der Waals surface area (Å²) in [5.74, 6) is -1.39. The molecule has 0 bridgehead atoms. The Labute approximate surface area is 162 Å². The van der Waals surface area contributed by atoms with E-state index in [2.05, 4.69) is 5.10 Å². The van der Waals surface area contributed by atoms with Gasteiger partial charge in [0, 0.05) is 31.8 Å². The second kappa shape index (κ2) is 9.32. The Morgan fingerprint density at radius 1 is 1.41 bits per heavy atom. The van der Waals surface area contributed by atoms with Gasteiger partial charge in [0.05, 0.1) is 5.69 Å². The number of aromatic nitrogens is 2. The van der Waals surface area contributed by atoms with Gasteiger partial charge in [-0.1, -0.05) is 23.7 Å². The van der Waals surface area contributed by atoms with E-state index in [1.54, 1.807) is 33.0 Å². The van der Waals surface area contributed by atoms with Crippen LogP contribution in [0.15, 0.2) is 30.3 Å². The smallest absolute Gasteiger partial charge is 0.331 e. The molecule has 0 fully saturated rings. The molecule has 8 heteroatoms. The number of hydrogen-bond donors (Lipinski definition) is 0. The average molecular weight is 394 g/mol. The van der Waals surface area contributed by atoms with E-state index in [0.29, 0.717) is 28.5 Å². The highest BCUT2D eigenvalue weighted by Crippen LogP contribution is 2.20. The summed E-state index contributed by atoms with van der Waals surface area (Å²) < 4.78 is 19.8. The maximum absolute atomic E-state index is 13.3. The monoisotopic (exact) mass is 393 g/mol. The van der Waals surface area contributed by atoms with Crippen LogP contribution in [0.3, 0.4) is 0 Å². The molecule has 0 spiro atoms. The average Bonchev–Trinajstić information content (AvgIpc) is 2.87. The number of aryl methyl sites for hydroxylation is 2. The zero-order valence-corrected chi connectivity index (χ0v) is 16.2. The molecule has 1 aromatic heterocycles. The molecule has 0 N–H and O–H groups in total. The first-order valence-electron chi connectivity index (χ1n) is 8.38.